The Hall–Kier alpha value is -0.450. The van der Waals surface area contributed by atoms with Gasteiger partial charge in [0, 0.05) is 26.7 Å². The number of rotatable bonds is 5. The van der Waals surface area contributed by atoms with Crippen molar-refractivity contribution in [3.05, 3.63) is 0 Å². The normalized spacial score (nSPS) is 20.7. The predicted octanol–water partition coefficient (Wildman–Crippen LogP) is 0.346. The molecule has 0 amide bonds. The van der Waals surface area contributed by atoms with Crippen molar-refractivity contribution in [1.29, 1.82) is 0 Å². The number of nitrogens with two attached hydrogens (primary N) is 1. The maximum absolute atomic E-state index is 11.6. The fourth-order valence-electron chi connectivity index (χ4n) is 1.66. The van der Waals surface area contributed by atoms with Crippen molar-refractivity contribution in [2.45, 2.75) is 25.3 Å². The second-order valence-electron chi connectivity index (χ2n) is 3.79. The van der Waals surface area contributed by atoms with E-state index in [9.17, 15) is 4.79 Å². The molecule has 1 rings (SSSR count). The minimum absolute atomic E-state index is 0.110. The Balaban J connectivity index is 2.24. The van der Waals surface area contributed by atoms with Crippen LogP contribution in [0.5, 0.6) is 0 Å². The van der Waals surface area contributed by atoms with Crippen molar-refractivity contribution in [2.24, 2.45) is 11.7 Å². The van der Waals surface area contributed by atoms with Gasteiger partial charge < -0.3 is 15.2 Å². The molecule has 1 unspecified atom stereocenters. The fourth-order valence-corrected chi connectivity index (χ4v) is 1.66. The molecular formula is C10H19NO3. The van der Waals surface area contributed by atoms with Crippen molar-refractivity contribution in [3.8, 4) is 0 Å². The molecule has 0 aromatic rings. The van der Waals surface area contributed by atoms with Gasteiger partial charge in [0.05, 0.1) is 12.6 Å². The summed E-state index contributed by atoms with van der Waals surface area (Å²) in [5.74, 6) is 0.568. The summed E-state index contributed by atoms with van der Waals surface area (Å²) in [6.07, 6.45) is 2.53. The maximum atomic E-state index is 11.6. The molecule has 1 fully saturated rings. The van der Waals surface area contributed by atoms with Gasteiger partial charge in [-0.15, -0.1) is 0 Å². The fraction of sp³-hybridized carbons (Fsp3) is 0.900. The lowest BCUT2D eigenvalue weighted by Gasteiger charge is -2.22. The number of ether oxygens (including phenoxy) is 2. The summed E-state index contributed by atoms with van der Waals surface area (Å²) >= 11 is 0. The Kier molecular flexibility index (Phi) is 5.07. The van der Waals surface area contributed by atoms with E-state index in [0.29, 0.717) is 18.9 Å². The molecular weight excluding hydrogens is 182 g/mol. The van der Waals surface area contributed by atoms with Gasteiger partial charge in [-0.05, 0) is 18.8 Å². The highest BCUT2D eigenvalue weighted by molar-refractivity contribution is 5.84. The minimum atomic E-state index is -0.456. The zero-order valence-electron chi connectivity index (χ0n) is 8.70. The van der Waals surface area contributed by atoms with Crippen molar-refractivity contribution in [1.82, 2.24) is 0 Å². The van der Waals surface area contributed by atoms with Gasteiger partial charge in [-0.3, -0.25) is 4.79 Å². The molecule has 0 bridgehead atoms. The molecule has 82 valence electrons. The van der Waals surface area contributed by atoms with E-state index in [-0.39, 0.29) is 5.78 Å². The number of hydrogen-bond donors (Lipinski definition) is 1. The third-order valence-electron chi connectivity index (χ3n) is 2.59. The van der Waals surface area contributed by atoms with Gasteiger partial charge in [-0.2, -0.15) is 0 Å². The monoisotopic (exact) mass is 201 g/mol. The van der Waals surface area contributed by atoms with Gasteiger partial charge in [0.15, 0.2) is 5.78 Å². The molecule has 14 heavy (non-hydrogen) atoms. The SMILES string of the molecule is COCC(N)C(=O)CC1CCOCC1. The van der Waals surface area contributed by atoms with Crippen LogP contribution in [0.25, 0.3) is 0 Å². The Labute approximate surface area is 84.7 Å². The quantitative estimate of drug-likeness (QED) is 0.697. The van der Waals surface area contributed by atoms with E-state index in [4.69, 9.17) is 15.2 Å². The molecule has 4 nitrogen and oxygen atoms in total. The van der Waals surface area contributed by atoms with Gasteiger partial charge in [0.25, 0.3) is 0 Å². The Morgan fingerprint density at radius 2 is 2.21 bits per heavy atom. The molecule has 1 aliphatic rings. The number of carbonyl (C=O) groups excluding carboxylic acids is 1. The Morgan fingerprint density at radius 3 is 2.79 bits per heavy atom. The highest BCUT2D eigenvalue weighted by atomic mass is 16.5. The standard InChI is InChI=1S/C10H19NO3/c1-13-7-9(11)10(12)6-8-2-4-14-5-3-8/h8-9H,2-7,11H2,1H3. The van der Waals surface area contributed by atoms with Crippen LogP contribution < -0.4 is 5.73 Å². The zero-order chi connectivity index (χ0) is 10.4. The number of ketones is 1. The number of carbonyl (C=O) groups is 1. The van der Waals surface area contributed by atoms with Crippen LogP contribution in [0.2, 0.25) is 0 Å². The number of methoxy groups -OCH3 is 1. The second-order valence-corrected chi connectivity index (χ2v) is 3.79. The number of Topliss-reactive ketones (excluding diaryl/α,β-unsaturated/α-hetero) is 1. The van der Waals surface area contributed by atoms with E-state index in [1.165, 1.54) is 0 Å². The van der Waals surface area contributed by atoms with Gasteiger partial charge in [0.2, 0.25) is 0 Å². The lowest BCUT2D eigenvalue weighted by atomic mass is 9.92. The average Bonchev–Trinajstić information content (AvgIpc) is 2.19. The summed E-state index contributed by atoms with van der Waals surface area (Å²) in [5.41, 5.74) is 5.64. The average molecular weight is 201 g/mol. The summed E-state index contributed by atoms with van der Waals surface area (Å²) in [4.78, 5) is 11.6. The smallest absolute Gasteiger partial charge is 0.152 e. The van der Waals surface area contributed by atoms with Gasteiger partial charge in [0.1, 0.15) is 0 Å². The topological polar surface area (TPSA) is 61.5 Å². The van der Waals surface area contributed by atoms with Crippen LogP contribution in [0.3, 0.4) is 0 Å². The maximum Gasteiger partial charge on any atom is 0.152 e. The van der Waals surface area contributed by atoms with Crippen molar-refractivity contribution in [2.75, 3.05) is 26.9 Å². The second kappa shape index (κ2) is 6.11. The zero-order valence-corrected chi connectivity index (χ0v) is 8.70. The van der Waals surface area contributed by atoms with E-state index in [1.54, 1.807) is 7.11 Å². The van der Waals surface area contributed by atoms with E-state index in [1.807, 2.05) is 0 Å². The summed E-state index contributed by atoms with van der Waals surface area (Å²) < 4.78 is 10.1. The van der Waals surface area contributed by atoms with Crippen molar-refractivity contribution >= 4 is 5.78 Å². The molecule has 4 heteroatoms. The lowest BCUT2D eigenvalue weighted by molar-refractivity contribution is -0.122. The molecule has 0 radical (unpaired) electrons. The predicted molar refractivity (Wildman–Crippen MR) is 53.0 cm³/mol. The first kappa shape index (κ1) is 11.6. The summed E-state index contributed by atoms with van der Waals surface area (Å²) in [7, 11) is 1.56. The molecule has 1 atom stereocenters. The van der Waals surface area contributed by atoms with Crippen LogP contribution in [0, 0.1) is 5.92 Å². The molecule has 2 N–H and O–H groups in total. The van der Waals surface area contributed by atoms with Crippen molar-refractivity contribution in [3.63, 3.8) is 0 Å². The molecule has 0 aromatic carbocycles. The van der Waals surface area contributed by atoms with E-state index >= 15 is 0 Å². The van der Waals surface area contributed by atoms with Gasteiger partial charge >= 0.3 is 0 Å². The molecule has 0 aliphatic carbocycles. The molecule has 1 aliphatic heterocycles. The molecule has 0 aromatic heterocycles. The first-order chi connectivity index (χ1) is 6.74. The third kappa shape index (κ3) is 3.74. The van der Waals surface area contributed by atoms with Crippen molar-refractivity contribution < 1.29 is 14.3 Å². The first-order valence-corrected chi connectivity index (χ1v) is 5.09. The largest absolute Gasteiger partial charge is 0.383 e. The van der Waals surface area contributed by atoms with Gasteiger partial charge in [-0.1, -0.05) is 0 Å². The summed E-state index contributed by atoms with van der Waals surface area (Å²) in [6.45, 7) is 1.87. The van der Waals surface area contributed by atoms with Crippen LogP contribution in [0.4, 0.5) is 0 Å². The third-order valence-corrected chi connectivity index (χ3v) is 2.59. The van der Waals surface area contributed by atoms with Crippen LogP contribution in [0.1, 0.15) is 19.3 Å². The molecule has 1 heterocycles. The lowest BCUT2D eigenvalue weighted by Crippen LogP contribution is -2.36. The number of hydrogen-bond acceptors (Lipinski definition) is 4. The summed E-state index contributed by atoms with van der Waals surface area (Å²) in [6, 6.07) is -0.456. The molecule has 0 saturated carbocycles. The molecule has 1 saturated heterocycles. The minimum Gasteiger partial charge on any atom is -0.383 e. The Morgan fingerprint density at radius 1 is 1.57 bits per heavy atom. The van der Waals surface area contributed by atoms with Crippen LogP contribution in [0.15, 0.2) is 0 Å². The van der Waals surface area contributed by atoms with Gasteiger partial charge in [-0.25, -0.2) is 0 Å². The highest BCUT2D eigenvalue weighted by Gasteiger charge is 2.20. The summed E-state index contributed by atoms with van der Waals surface area (Å²) in [5, 5.41) is 0. The van der Waals surface area contributed by atoms with Crippen LogP contribution in [-0.4, -0.2) is 38.8 Å². The first-order valence-electron chi connectivity index (χ1n) is 5.09. The van der Waals surface area contributed by atoms with E-state index in [0.717, 1.165) is 26.1 Å². The van der Waals surface area contributed by atoms with E-state index < -0.39 is 6.04 Å². The highest BCUT2D eigenvalue weighted by Crippen LogP contribution is 2.18. The Bertz CT molecular complexity index is 178. The van der Waals surface area contributed by atoms with E-state index in [2.05, 4.69) is 0 Å². The van der Waals surface area contributed by atoms with Crippen LogP contribution >= 0.6 is 0 Å². The molecule has 0 spiro atoms. The van der Waals surface area contributed by atoms with Crippen LogP contribution in [-0.2, 0) is 14.3 Å².